The van der Waals surface area contributed by atoms with Gasteiger partial charge in [-0.2, -0.15) is 13.2 Å². The standard InChI is InChI=1S/C13H20F3N3/c1-4-17-7-11-5-6-12(18-8-11)19(10(2)3)9-13(14,15)16/h5-6,8,10,17H,4,7,9H2,1-3H3. The van der Waals surface area contributed by atoms with Gasteiger partial charge in [0.25, 0.3) is 0 Å². The molecule has 0 amide bonds. The van der Waals surface area contributed by atoms with Crippen LogP contribution in [-0.2, 0) is 6.54 Å². The normalized spacial score (nSPS) is 11.9. The summed E-state index contributed by atoms with van der Waals surface area (Å²) in [5, 5.41) is 3.14. The van der Waals surface area contributed by atoms with E-state index >= 15 is 0 Å². The Morgan fingerprint density at radius 2 is 2.00 bits per heavy atom. The topological polar surface area (TPSA) is 28.2 Å². The lowest BCUT2D eigenvalue weighted by atomic mass is 10.2. The highest BCUT2D eigenvalue weighted by atomic mass is 19.4. The molecule has 1 heterocycles. The lowest BCUT2D eigenvalue weighted by molar-refractivity contribution is -0.120. The first kappa shape index (κ1) is 15.8. The Hall–Kier alpha value is -1.30. The summed E-state index contributed by atoms with van der Waals surface area (Å²) in [4.78, 5) is 5.37. The van der Waals surface area contributed by atoms with Crippen molar-refractivity contribution < 1.29 is 13.2 Å². The van der Waals surface area contributed by atoms with Crippen LogP contribution in [0.25, 0.3) is 0 Å². The van der Waals surface area contributed by atoms with Gasteiger partial charge < -0.3 is 10.2 Å². The van der Waals surface area contributed by atoms with Crippen molar-refractivity contribution in [3.05, 3.63) is 23.9 Å². The fraction of sp³-hybridized carbons (Fsp3) is 0.615. The molecular weight excluding hydrogens is 255 g/mol. The van der Waals surface area contributed by atoms with Gasteiger partial charge in [-0.3, -0.25) is 0 Å². The molecule has 1 aromatic heterocycles. The lowest BCUT2D eigenvalue weighted by Crippen LogP contribution is -2.39. The molecule has 0 fully saturated rings. The maximum Gasteiger partial charge on any atom is 0.405 e. The molecule has 6 heteroatoms. The molecule has 0 spiro atoms. The minimum Gasteiger partial charge on any atom is -0.345 e. The molecule has 19 heavy (non-hydrogen) atoms. The summed E-state index contributed by atoms with van der Waals surface area (Å²) >= 11 is 0. The summed E-state index contributed by atoms with van der Waals surface area (Å²) in [5.41, 5.74) is 0.960. The fourth-order valence-electron chi connectivity index (χ4n) is 1.68. The third kappa shape index (κ3) is 5.46. The minimum atomic E-state index is -4.23. The Morgan fingerprint density at radius 3 is 2.42 bits per heavy atom. The maximum absolute atomic E-state index is 12.5. The minimum absolute atomic E-state index is 0.256. The summed E-state index contributed by atoms with van der Waals surface area (Å²) in [7, 11) is 0. The van der Waals surface area contributed by atoms with Crippen molar-refractivity contribution in [3.8, 4) is 0 Å². The van der Waals surface area contributed by atoms with Crippen LogP contribution in [0.1, 0.15) is 26.3 Å². The number of nitrogens with zero attached hydrogens (tertiary/aromatic N) is 2. The van der Waals surface area contributed by atoms with E-state index in [9.17, 15) is 13.2 Å². The van der Waals surface area contributed by atoms with Crippen LogP contribution >= 0.6 is 0 Å². The van der Waals surface area contributed by atoms with Crippen molar-refractivity contribution in [2.75, 3.05) is 18.0 Å². The van der Waals surface area contributed by atoms with Gasteiger partial charge in [0.05, 0.1) is 0 Å². The number of alkyl halides is 3. The van der Waals surface area contributed by atoms with E-state index < -0.39 is 12.7 Å². The third-order valence-corrected chi connectivity index (χ3v) is 2.66. The zero-order valence-electron chi connectivity index (χ0n) is 11.5. The zero-order chi connectivity index (χ0) is 14.5. The van der Waals surface area contributed by atoms with Gasteiger partial charge in [-0.25, -0.2) is 4.98 Å². The molecule has 0 aliphatic carbocycles. The Bertz CT molecular complexity index is 374. The average Bonchev–Trinajstić information content (AvgIpc) is 2.33. The number of halogens is 3. The summed E-state index contributed by atoms with van der Waals surface area (Å²) in [6.07, 6.45) is -2.61. The van der Waals surface area contributed by atoms with Crippen molar-refractivity contribution in [2.45, 2.75) is 39.5 Å². The van der Waals surface area contributed by atoms with Gasteiger partial charge in [0, 0.05) is 18.8 Å². The Morgan fingerprint density at radius 1 is 1.32 bits per heavy atom. The molecule has 0 unspecified atom stereocenters. The number of aromatic nitrogens is 1. The summed E-state index contributed by atoms with van der Waals surface area (Å²) < 4.78 is 37.6. The molecule has 0 radical (unpaired) electrons. The second kappa shape index (κ2) is 6.75. The molecule has 1 aromatic rings. The fourth-order valence-corrected chi connectivity index (χ4v) is 1.68. The van der Waals surface area contributed by atoms with Gasteiger partial charge in [0.1, 0.15) is 12.4 Å². The lowest BCUT2D eigenvalue weighted by Gasteiger charge is -2.28. The molecule has 0 aromatic carbocycles. The summed E-state index contributed by atoms with van der Waals surface area (Å²) in [6.45, 7) is 5.97. The van der Waals surface area contributed by atoms with Crippen molar-refractivity contribution in [2.24, 2.45) is 0 Å². The quantitative estimate of drug-likeness (QED) is 0.865. The van der Waals surface area contributed by atoms with Crippen LogP contribution in [0.4, 0.5) is 19.0 Å². The Kier molecular flexibility index (Phi) is 5.60. The van der Waals surface area contributed by atoms with Crippen LogP contribution < -0.4 is 10.2 Å². The van der Waals surface area contributed by atoms with E-state index in [-0.39, 0.29) is 6.04 Å². The molecule has 3 nitrogen and oxygen atoms in total. The van der Waals surface area contributed by atoms with Crippen LogP contribution in [-0.4, -0.2) is 30.3 Å². The summed E-state index contributed by atoms with van der Waals surface area (Å²) in [5.74, 6) is 0.354. The molecule has 0 saturated carbocycles. The average molecular weight is 275 g/mol. The van der Waals surface area contributed by atoms with Crippen LogP contribution in [0.15, 0.2) is 18.3 Å². The molecule has 0 bridgehead atoms. The van der Waals surface area contributed by atoms with E-state index in [1.807, 2.05) is 6.92 Å². The first-order chi connectivity index (χ1) is 8.83. The second-order valence-electron chi connectivity index (χ2n) is 4.64. The van der Waals surface area contributed by atoms with Gasteiger partial charge in [-0.1, -0.05) is 13.0 Å². The number of anilines is 1. The van der Waals surface area contributed by atoms with Crippen molar-refractivity contribution in [1.29, 1.82) is 0 Å². The SMILES string of the molecule is CCNCc1ccc(N(CC(F)(F)F)C(C)C)nc1. The highest BCUT2D eigenvalue weighted by molar-refractivity contribution is 5.40. The first-order valence-electron chi connectivity index (χ1n) is 6.32. The predicted octanol–water partition coefficient (Wildman–Crippen LogP) is 2.97. The van der Waals surface area contributed by atoms with E-state index in [0.717, 1.165) is 12.1 Å². The van der Waals surface area contributed by atoms with Crippen LogP contribution in [0.3, 0.4) is 0 Å². The highest BCUT2D eigenvalue weighted by Gasteiger charge is 2.32. The molecule has 1 N–H and O–H groups in total. The van der Waals surface area contributed by atoms with E-state index in [4.69, 9.17) is 0 Å². The van der Waals surface area contributed by atoms with Crippen LogP contribution in [0.2, 0.25) is 0 Å². The maximum atomic E-state index is 12.5. The number of nitrogens with one attached hydrogen (secondary N) is 1. The van der Waals surface area contributed by atoms with Crippen LogP contribution in [0.5, 0.6) is 0 Å². The number of hydrogen-bond donors (Lipinski definition) is 1. The number of rotatable bonds is 6. The molecular formula is C13H20F3N3. The van der Waals surface area contributed by atoms with Gasteiger partial charge in [0.2, 0.25) is 0 Å². The molecule has 0 saturated heterocycles. The van der Waals surface area contributed by atoms with E-state index in [1.54, 1.807) is 32.2 Å². The molecule has 108 valence electrons. The Labute approximate surface area is 111 Å². The molecule has 0 aliphatic heterocycles. The zero-order valence-corrected chi connectivity index (χ0v) is 11.5. The monoisotopic (exact) mass is 275 g/mol. The van der Waals surface area contributed by atoms with E-state index in [1.165, 1.54) is 4.90 Å². The van der Waals surface area contributed by atoms with Crippen LogP contribution in [0, 0.1) is 0 Å². The molecule has 0 atom stereocenters. The number of pyridine rings is 1. The largest absolute Gasteiger partial charge is 0.405 e. The predicted molar refractivity (Wildman–Crippen MR) is 70.2 cm³/mol. The first-order valence-corrected chi connectivity index (χ1v) is 6.32. The van der Waals surface area contributed by atoms with Gasteiger partial charge in [-0.05, 0) is 32.0 Å². The van der Waals surface area contributed by atoms with Gasteiger partial charge >= 0.3 is 6.18 Å². The molecule has 1 rings (SSSR count). The van der Waals surface area contributed by atoms with Crippen molar-refractivity contribution >= 4 is 5.82 Å². The van der Waals surface area contributed by atoms with E-state index in [2.05, 4.69) is 10.3 Å². The van der Waals surface area contributed by atoms with Gasteiger partial charge in [0.15, 0.2) is 0 Å². The number of hydrogen-bond acceptors (Lipinski definition) is 3. The Balaban J connectivity index is 2.80. The summed E-state index contributed by atoms with van der Waals surface area (Å²) in [6, 6.07) is 3.18. The molecule has 0 aliphatic rings. The van der Waals surface area contributed by atoms with Crippen molar-refractivity contribution in [1.82, 2.24) is 10.3 Å². The van der Waals surface area contributed by atoms with E-state index in [0.29, 0.717) is 12.4 Å². The third-order valence-electron chi connectivity index (χ3n) is 2.66. The van der Waals surface area contributed by atoms with Crippen molar-refractivity contribution in [3.63, 3.8) is 0 Å². The van der Waals surface area contributed by atoms with Gasteiger partial charge in [-0.15, -0.1) is 0 Å². The highest BCUT2D eigenvalue weighted by Crippen LogP contribution is 2.22. The second-order valence-corrected chi connectivity index (χ2v) is 4.64. The smallest absolute Gasteiger partial charge is 0.345 e.